The molecule has 1 aromatic carbocycles. The summed E-state index contributed by atoms with van der Waals surface area (Å²) in [6, 6.07) is 6.92. The first-order chi connectivity index (χ1) is 7.09. The number of hydrogen-bond acceptors (Lipinski definition) is 3. The standard InChI is InChI=1S/C11H14N2O2/c1-8-7-13(12(2)11(8)15)9-4-3-5-10(14)6-9/h3-6,8,14H,7H2,1-2H3. The Labute approximate surface area is 88.7 Å². The summed E-state index contributed by atoms with van der Waals surface area (Å²) in [4.78, 5) is 11.6. The molecule has 0 bridgehead atoms. The molecular weight excluding hydrogens is 192 g/mol. The first kappa shape index (κ1) is 9.83. The van der Waals surface area contributed by atoms with E-state index in [4.69, 9.17) is 0 Å². The topological polar surface area (TPSA) is 43.8 Å². The third kappa shape index (κ3) is 1.63. The summed E-state index contributed by atoms with van der Waals surface area (Å²) in [5, 5.41) is 12.8. The zero-order chi connectivity index (χ0) is 11.0. The van der Waals surface area contributed by atoms with Gasteiger partial charge < -0.3 is 5.11 Å². The molecule has 1 N–H and O–H groups in total. The molecule has 1 amide bonds. The smallest absolute Gasteiger partial charge is 0.245 e. The van der Waals surface area contributed by atoms with Gasteiger partial charge in [0.2, 0.25) is 5.91 Å². The Morgan fingerprint density at radius 1 is 1.47 bits per heavy atom. The SMILES string of the molecule is CC1CN(c2cccc(O)c2)N(C)C1=O. The molecule has 1 atom stereocenters. The highest BCUT2D eigenvalue weighted by Crippen LogP contribution is 2.26. The maximum atomic E-state index is 11.6. The van der Waals surface area contributed by atoms with Crippen LogP contribution in [0.4, 0.5) is 5.69 Å². The number of hydrogen-bond donors (Lipinski definition) is 1. The molecule has 1 unspecified atom stereocenters. The molecule has 1 aromatic rings. The van der Waals surface area contributed by atoms with Crippen LogP contribution in [0, 0.1) is 5.92 Å². The molecule has 0 saturated carbocycles. The van der Waals surface area contributed by atoms with Crippen LogP contribution >= 0.6 is 0 Å². The van der Waals surface area contributed by atoms with Crippen LogP contribution in [0.5, 0.6) is 5.75 Å². The fourth-order valence-electron chi connectivity index (χ4n) is 1.83. The number of carbonyl (C=O) groups is 1. The van der Waals surface area contributed by atoms with Gasteiger partial charge >= 0.3 is 0 Å². The Kier molecular flexibility index (Phi) is 2.26. The lowest BCUT2D eigenvalue weighted by molar-refractivity contribution is -0.129. The Morgan fingerprint density at radius 3 is 2.73 bits per heavy atom. The Morgan fingerprint density at radius 2 is 2.20 bits per heavy atom. The molecule has 0 aliphatic carbocycles. The van der Waals surface area contributed by atoms with E-state index in [2.05, 4.69) is 0 Å². The molecule has 80 valence electrons. The van der Waals surface area contributed by atoms with Crippen LogP contribution in [-0.2, 0) is 4.79 Å². The zero-order valence-electron chi connectivity index (χ0n) is 8.84. The molecule has 1 aliphatic heterocycles. The molecule has 2 rings (SSSR count). The van der Waals surface area contributed by atoms with Crippen molar-refractivity contribution < 1.29 is 9.90 Å². The van der Waals surface area contributed by atoms with Crippen LogP contribution in [0.1, 0.15) is 6.92 Å². The number of phenolic OH excluding ortho intramolecular Hbond substituents is 1. The Bertz CT molecular complexity index is 392. The van der Waals surface area contributed by atoms with E-state index in [0.717, 1.165) is 5.69 Å². The summed E-state index contributed by atoms with van der Waals surface area (Å²) in [6.45, 7) is 2.57. The van der Waals surface area contributed by atoms with E-state index in [-0.39, 0.29) is 17.6 Å². The van der Waals surface area contributed by atoms with Gasteiger partial charge in [-0.2, -0.15) is 0 Å². The van der Waals surface area contributed by atoms with Crippen molar-refractivity contribution >= 4 is 11.6 Å². The fourth-order valence-corrected chi connectivity index (χ4v) is 1.83. The van der Waals surface area contributed by atoms with Gasteiger partial charge in [-0.1, -0.05) is 13.0 Å². The molecular formula is C11H14N2O2. The average molecular weight is 206 g/mol. The second-order valence-corrected chi connectivity index (χ2v) is 3.86. The normalized spacial score (nSPS) is 21.2. The first-order valence-electron chi connectivity index (χ1n) is 4.93. The minimum atomic E-state index is 0.0114. The van der Waals surface area contributed by atoms with E-state index in [0.29, 0.717) is 6.54 Å². The number of amides is 1. The largest absolute Gasteiger partial charge is 0.508 e. The first-order valence-corrected chi connectivity index (χ1v) is 4.93. The molecule has 4 heteroatoms. The number of anilines is 1. The maximum Gasteiger partial charge on any atom is 0.245 e. The lowest BCUT2D eigenvalue weighted by Crippen LogP contribution is -2.35. The fraction of sp³-hybridized carbons (Fsp3) is 0.364. The predicted molar refractivity (Wildman–Crippen MR) is 57.4 cm³/mol. The Hall–Kier alpha value is -1.71. The summed E-state index contributed by atoms with van der Waals surface area (Å²) >= 11 is 0. The summed E-state index contributed by atoms with van der Waals surface area (Å²) in [5.74, 6) is 0.337. The van der Waals surface area contributed by atoms with Gasteiger partial charge in [0.15, 0.2) is 0 Å². The predicted octanol–water partition coefficient (Wildman–Crippen LogP) is 1.22. The lowest BCUT2D eigenvalue weighted by Gasteiger charge is -2.25. The molecule has 0 radical (unpaired) electrons. The molecule has 0 spiro atoms. The second-order valence-electron chi connectivity index (χ2n) is 3.86. The van der Waals surface area contributed by atoms with Crippen molar-refractivity contribution in [3.05, 3.63) is 24.3 Å². The van der Waals surface area contributed by atoms with Crippen LogP contribution in [0.25, 0.3) is 0 Å². The minimum Gasteiger partial charge on any atom is -0.508 e. The molecule has 15 heavy (non-hydrogen) atoms. The van der Waals surface area contributed by atoms with Gasteiger partial charge in [-0.25, -0.2) is 0 Å². The van der Waals surface area contributed by atoms with Gasteiger partial charge in [0, 0.05) is 13.1 Å². The van der Waals surface area contributed by atoms with E-state index < -0.39 is 0 Å². The summed E-state index contributed by atoms with van der Waals surface area (Å²) in [7, 11) is 1.75. The molecule has 1 fully saturated rings. The molecule has 1 aliphatic rings. The Balaban J connectivity index is 2.29. The molecule has 1 saturated heterocycles. The minimum absolute atomic E-state index is 0.0114. The lowest BCUT2D eigenvalue weighted by atomic mass is 10.2. The molecule has 0 aromatic heterocycles. The quantitative estimate of drug-likeness (QED) is 0.751. The van der Waals surface area contributed by atoms with Crippen molar-refractivity contribution in [3.8, 4) is 5.75 Å². The van der Waals surface area contributed by atoms with Crippen LogP contribution in [0.15, 0.2) is 24.3 Å². The van der Waals surface area contributed by atoms with E-state index >= 15 is 0 Å². The number of rotatable bonds is 1. The van der Waals surface area contributed by atoms with Crippen molar-refractivity contribution in [2.75, 3.05) is 18.6 Å². The highest BCUT2D eigenvalue weighted by atomic mass is 16.3. The van der Waals surface area contributed by atoms with E-state index in [1.54, 1.807) is 30.3 Å². The van der Waals surface area contributed by atoms with Crippen LogP contribution in [-0.4, -0.2) is 29.6 Å². The summed E-state index contributed by atoms with van der Waals surface area (Å²) < 4.78 is 0. The van der Waals surface area contributed by atoms with Gasteiger partial charge in [-0.05, 0) is 12.1 Å². The molecule has 4 nitrogen and oxygen atoms in total. The third-order valence-electron chi connectivity index (χ3n) is 2.68. The number of phenols is 1. The van der Waals surface area contributed by atoms with Crippen molar-refractivity contribution in [2.24, 2.45) is 5.92 Å². The van der Waals surface area contributed by atoms with Crippen molar-refractivity contribution in [3.63, 3.8) is 0 Å². The van der Waals surface area contributed by atoms with Gasteiger partial charge in [0.05, 0.1) is 18.2 Å². The van der Waals surface area contributed by atoms with E-state index in [9.17, 15) is 9.90 Å². The number of carbonyl (C=O) groups excluding carboxylic acids is 1. The third-order valence-corrected chi connectivity index (χ3v) is 2.68. The number of nitrogens with zero attached hydrogens (tertiary/aromatic N) is 2. The monoisotopic (exact) mass is 206 g/mol. The average Bonchev–Trinajstić information content (AvgIpc) is 2.46. The number of hydrazine groups is 1. The van der Waals surface area contributed by atoms with Gasteiger partial charge in [0.1, 0.15) is 5.75 Å². The number of aromatic hydroxyl groups is 1. The highest BCUT2D eigenvalue weighted by Gasteiger charge is 2.32. The zero-order valence-corrected chi connectivity index (χ0v) is 8.84. The van der Waals surface area contributed by atoms with Gasteiger partial charge in [0.25, 0.3) is 0 Å². The summed E-state index contributed by atoms with van der Waals surface area (Å²) in [6.07, 6.45) is 0. The van der Waals surface area contributed by atoms with Gasteiger partial charge in [-0.15, -0.1) is 0 Å². The van der Waals surface area contributed by atoms with Crippen molar-refractivity contribution in [2.45, 2.75) is 6.92 Å². The van der Waals surface area contributed by atoms with Crippen molar-refractivity contribution in [1.29, 1.82) is 0 Å². The van der Waals surface area contributed by atoms with Crippen LogP contribution in [0.2, 0.25) is 0 Å². The van der Waals surface area contributed by atoms with Crippen molar-refractivity contribution in [1.82, 2.24) is 5.01 Å². The number of benzene rings is 1. The van der Waals surface area contributed by atoms with E-state index in [1.807, 2.05) is 18.0 Å². The van der Waals surface area contributed by atoms with Crippen LogP contribution < -0.4 is 5.01 Å². The second kappa shape index (κ2) is 3.46. The summed E-state index contributed by atoms with van der Waals surface area (Å²) in [5.41, 5.74) is 0.843. The van der Waals surface area contributed by atoms with Crippen LogP contribution in [0.3, 0.4) is 0 Å². The van der Waals surface area contributed by atoms with Gasteiger partial charge in [-0.3, -0.25) is 14.8 Å². The van der Waals surface area contributed by atoms with E-state index in [1.165, 1.54) is 0 Å². The highest BCUT2D eigenvalue weighted by molar-refractivity contribution is 5.83. The molecule has 1 heterocycles. The maximum absolute atomic E-state index is 11.6.